The molecular formula is C15H23NO4S. The molecule has 0 saturated heterocycles. The van der Waals surface area contributed by atoms with E-state index in [1.165, 1.54) is 23.5 Å². The summed E-state index contributed by atoms with van der Waals surface area (Å²) in [5.74, 6) is -1.13. The first kappa shape index (κ1) is 17.7. The topological polar surface area (TPSA) is 74.7 Å². The van der Waals surface area contributed by atoms with Gasteiger partial charge in [0.2, 0.25) is 10.0 Å². The van der Waals surface area contributed by atoms with Crippen LogP contribution in [0.1, 0.15) is 42.3 Å². The number of aromatic carboxylic acids is 1. The summed E-state index contributed by atoms with van der Waals surface area (Å²) in [5.41, 5.74) is 1.04. The van der Waals surface area contributed by atoms with Crippen LogP contribution < -0.4 is 0 Å². The SMILES string of the molecule is Cc1cc(C(=O)O)cc(S(=O)(=O)N(C)CC(C)(C)C)c1C. The summed E-state index contributed by atoms with van der Waals surface area (Å²) in [6.45, 7) is 9.61. The van der Waals surface area contributed by atoms with Crippen LogP contribution in [0.25, 0.3) is 0 Å². The van der Waals surface area contributed by atoms with E-state index in [1.54, 1.807) is 13.8 Å². The van der Waals surface area contributed by atoms with Gasteiger partial charge in [-0.1, -0.05) is 20.8 Å². The Hall–Kier alpha value is -1.40. The molecule has 1 aromatic rings. The van der Waals surface area contributed by atoms with Gasteiger partial charge >= 0.3 is 5.97 Å². The molecule has 0 amide bonds. The Labute approximate surface area is 126 Å². The maximum atomic E-state index is 12.7. The summed E-state index contributed by atoms with van der Waals surface area (Å²) in [6, 6.07) is 2.72. The highest BCUT2D eigenvalue weighted by Gasteiger charge is 2.28. The largest absolute Gasteiger partial charge is 0.478 e. The lowest BCUT2D eigenvalue weighted by molar-refractivity contribution is 0.0696. The molecule has 0 radical (unpaired) electrons. The minimum Gasteiger partial charge on any atom is -0.478 e. The van der Waals surface area contributed by atoms with Crippen LogP contribution in [-0.2, 0) is 10.0 Å². The average molecular weight is 313 g/mol. The zero-order chi connectivity index (χ0) is 16.6. The third kappa shape index (κ3) is 4.04. The molecule has 0 unspecified atom stereocenters. The molecule has 0 bridgehead atoms. The van der Waals surface area contributed by atoms with Gasteiger partial charge in [0.1, 0.15) is 0 Å². The van der Waals surface area contributed by atoms with Crippen molar-refractivity contribution in [2.75, 3.05) is 13.6 Å². The number of rotatable bonds is 4. The highest BCUT2D eigenvalue weighted by Crippen LogP contribution is 2.26. The molecule has 0 saturated carbocycles. The average Bonchev–Trinajstić information content (AvgIpc) is 2.29. The lowest BCUT2D eigenvalue weighted by atomic mass is 9.97. The van der Waals surface area contributed by atoms with E-state index in [1.807, 2.05) is 20.8 Å². The highest BCUT2D eigenvalue weighted by atomic mass is 32.2. The van der Waals surface area contributed by atoms with E-state index in [9.17, 15) is 13.2 Å². The Morgan fingerprint density at radius 3 is 2.19 bits per heavy atom. The molecular weight excluding hydrogens is 290 g/mol. The first-order chi connectivity index (χ1) is 9.36. The predicted octanol–water partition coefficient (Wildman–Crippen LogP) is 2.67. The van der Waals surface area contributed by atoms with Gasteiger partial charge in [-0.15, -0.1) is 0 Å². The normalized spacial score (nSPS) is 12.7. The Morgan fingerprint density at radius 2 is 1.76 bits per heavy atom. The van der Waals surface area contributed by atoms with E-state index in [4.69, 9.17) is 5.11 Å². The maximum Gasteiger partial charge on any atom is 0.335 e. The standard InChI is InChI=1S/C15H23NO4S/c1-10-7-12(14(17)18)8-13(11(10)2)21(19,20)16(6)9-15(3,4)5/h7-8H,9H2,1-6H3,(H,17,18). The fourth-order valence-corrected chi connectivity index (χ4v) is 3.86. The summed E-state index contributed by atoms with van der Waals surface area (Å²) in [7, 11) is -2.19. The number of aryl methyl sites for hydroxylation is 1. The van der Waals surface area contributed by atoms with Crippen molar-refractivity contribution in [3.63, 3.8) is 0 Å². The number of carboxylic acids is 1. The fraction of sp³-hybridized carbons (Fsp3) is 0.533. The van der Waals surface area contributed by atoms with E-state index < -0.39 is 16.0 Å². The molecule has 1 rings (SSSR count). The first-order valence-electron chi connectivity index (χ1n) is 6.67. The van der Waals surface area contributed by atoms with Crippen LogP contribution >= 0.6 is 0 Å². The smallest absolute Gasteiger partial charge is 0.335 e. The van der Waals surface area contributed by atoms with Crippen LogP contribution in [0.4, 0.5) is 0 Å². The molecule has 0 aliphatic carbocycles. The van der Waals surface area contributed by atoms with E-state index >= 15 is 0 Å². The van der Waals surface area contributed by atoms with Crippen molar-refractivity contribution in [2.45, 2.75) is 39.5 Å². The second kappa shape index (κ2) is 5.77. The molecule has 0 heterocycles. The lowest BCUT2D eigenvalue weighted by Gasteiger charge is -2.27. The summed E-state index contributed by atoms with van der Waals surface area (Å²) in [6.07, 6.45) is 0. The molecule has 6 heteroatoms. The molecule has 1 N–H and O–H groups in total. The number of carboxylic acid groups (broad SMARTS) is 1. The molecule has 0 aromatic heterocycles. The number of nitrogens with zero attached hydrogens (tertiary/aromatic N) is 1. The first-order valence-corrected chi connectivity index (χ1v) is 8.11. The Kier molecular flexibility index (Phi) is 4.85. The minimum atomic E-state index is -3.71. The molecule has 0 atom stereocenters. The lowest BCUT2D eigenvalue weighted by Crippen LogP contribution is -2.35. The van der Waals surface area contributed by atoms with Crippen molar-refractivity contribution in [3.8, 4) is 0 Å². The van der Waals surface area contributed by atoms with Gasteiger partial charge in [0.15, 0.2) is 0 Å². The summed E-state index contributed by atoms with van der Waals surface area (Å²) >= 11 is 0. The number of sulfonamides is 1. The number of hydrogen-bond acceptors (Lipinski definition) is 3. The van der Waals surface area contributed by atoms with Crippen molar-refractivity contribution in [1.29, 1.82) is 0 Å². The van der Waals surface area contributed by atoms with Gasteiger partial charge in [0.25, 0.3) is 0 Å². The van der Waals surface area contributed by atoms with Crippen molar-refractivity contribution in [1.82, 2.24) is 4.31 Å². The van der Waals surface area contributed by atoms with Crippen LogP contribution in [-0.4, -0.2) is 37.4 Å². The van der Waals surface area contributed by atoms with Gasteiger partial charge in [0.05, 0.1) is 10.5 Å². The van der Waals surface area contributed by atoms with Crippen LogP contribution in [0.3, 0.4) is 0 Å². The van der Waals surface area contributed by atoms with Crippen LogP contribution in [0, 0.1) is 19.3 Å². The Bertz CT molecular complexity index is 657. The third-order valence-electron chi connectivity index (χ3n) is 3.25. The number of hydrogen-bond donors (Lipinski definition) is 1. The van der Waals surface area contributed by atoms with Gasteiger partial charge in [-0.05, 0) is 42.5 Å². The second-order valence-electron chi connectivity index (χ2n) is 6.54. The monoisotopic (exact) mass is 313 g/mol. The van der Waals surface area contributed by atoms with Crippen molar-refractivity contribution in [3.05, 3.63) is 28.8 Å². The minimum absolute atomic E-state index is 0.0131. The number of benzene rings is 1. The van der Waals surface area contributed by atoms with Crippen molar-refractivity contribution >= 4 is 16.0 Å². The molecule has 21 heavy (non-hydrogen) atoms. The molecule has 0 aliphatic heterocycles. The Morgan fingerprint density at radius 1 is 1.24 bits per heavy atom. The van der Waals surface area contributed by atoms with E-state index in [2.05, 4.69) is 0 Å². The molecule has 1 aromatic carbocycles. The molecule has 0 fully saturated rings. The van der Waals surface area contributed by atoms with Crippen LogP contribution in [0.15, 0.2) is 17.0 Å². The van der Waals surface area contributed by atoms with Gasteiger partial charge < -0.3 is 5.11 Å². The maximum absolute atomic E-state index is 12.7. The van der Waals surface area contributed by atoms with Gasteiger partial charge in [0, 0.05) is 13.6 Å². The zero-order valence-corrected chi connectivity index (χ0v) is 14.2. The summed E-state index contributed by atoms with van der Waals surface area (Å²) in [5, 5.41) is 9.11. The van der Waals surface area contributed by atoms with E-state index in [0.717, 1.165) is 0 Å². The fourth-order valence-electron chi connectivity index (χ4n) is 2.14. The number of carbonyl (C=O) groups is 1. The van der Waals surface area contributed by atoms with Crippen molar-refractivity contribution < 1.29 is 18.3 Å². The molecule has 118 valence electrons. The van der Waals surface area contributed by atoms with E-state index in [-0.39, 0.29) is 15.9 Å². The zero-order valence-electron chi connectivity index (χ0n) is 13.4. The van der Waals surface area contributed by atoms with Gasteiger partial charge in [-0.2, -0.15) is 0 Å². The van der Waals surface area contributed by atoms with Gasteiger partial charge in [-0.3, -0.25) is 0 Å². The van der Waals surface area contributed by atoms with E-state index in [0.29, 0.717) is 17.7 Å². The van der Waals surface area contributed by atoms with Crippen molar-refractivity contribution in [2.24, 2.45) is 5.41 Å². The summed E-state index contributed by atoms with van der Waals surface area (Å²) in [4.78, 5) is 11.2. The third-order valence-corrected chi connectivity index (χ3v) is 5.18. The highest BCUT2D eigenvalue weighted by molar-refractivity contribution is 7.89. The molecule has 0 aliphatic rings. The van der Waals surface area contributed by atoms with Gasteiger partial charge in [-0.25, -0.2) is 17.5 Å². The molecule has 5 nitrogen and oxygen atoms in total. The predicted molar refractivity (Wildman–Crippen MR) is 82.1 cm³/mol. The Balaban J connectivity index is 3.41. The van der Waals surface area contributed by atoms with Crippen LogP contribution in [0.5, 0.6) is 0 Å². The second-order valence-corrected chi connectivity index (χ2v) is 8.56. The quantitative estimate of drug-likeness (QED) is 0.927. The molecule has 0 spiro atoms. The van der Waals surface area contributed by atoms with Crippen LogP contribution in [0.2, 0.25) is 0 Å². The summed E-state index contributed by atoms with van der Waals surface area (Å²) < 4.78 is 26.7.